The molecule has 0 aliphatic heterocycles. The molecule has 3 aromatic rings. The van der Waals surface area contributed by atoms with Gasteiger partial charge in [0.25, 0.3) is 0 Å². The van der Waals surface area contributed by atoms with Gasteiger partial charge >= 0.3 is 0 Å². The molecule has 108 valence electrons. The van der Waals surface area contributed by atoms with Crippen LogP contribution in [0.5, 0.6) is 0 Å². The van der Waals surface area contributed by atoms with E-state index >= 15 is 0 Å². The quantitative estimate of drug-likeness (QED) is 0.779. The van der Waals surface area contributed by atoms with Crippen molar-refractivity contribution in [3.63, 3.8) is 0 Å². The van der Waals surface area contributed by atoms with E-state index < -0.39 is 0 Å². The molecule has 1 N–H and O–H groups in total. The minimum Gasteiger partial charge on any atom is -0.311 e. The van der Waals surface area contributed by atoms with Crippen LogP contribution in [0.4, 0.5) is 4.39 Å². The first-order valence-electron chi connectivity index (χ1n) is 6.95. The molecule has 0 saturated heterocycles. The van der Waals surface area contributed by atoms with Crippen molar-refractivity contribution < 1.29 is 4.39 Å². The van der Waals surface area contributed by atoms with Gasteiger partial charge in [-0.05, 0) is 49.7 Å². The molecular weight excluding hydrogens is 283 g/mol. The van der Waals surface area contributed by atoms with E-state index in [1.165, 1.54) is 4.70 Å². The smallest absolute Gasteiger partial charge is 0.126 e. The lowest BCUT2D eigenvalue weighted by Gasteiger charge is -2.13. The molecule has 2 nitrogen and oxygen atoms in total. The van der Waals surface area contributed by atoms with Crippen molar-refractivity contribution >= 4 is 21.6 Å². The Kier molecular flexibility index (Phi) is 3.99. The van der Waals surface area contributed by atoms with Crippen LogP contribution in [-0.4, -0.2) is 12.0 Å². The van der Waals surface area contributed by atoms with Gasteiger partial charge < -0.3 is 5.32 Å². The van der Waals surface area contributed by atoms with Crippen molar-refractivity contribution in [2.24, 2.45) is 0 Å². The Morgan fingerprint density at radius 1 is 1.24 bits per heavy atom. The minimum atomic E-state index is -0.147. The lowest BCUT2D eigenvalue weighted by atomic mass is 10.0. The number of fused-ring (bicyclic) bond motifs is 1. The molecule has 0 radical (unpaired) electrons. The first-order valence-corrected chi connectivity index (χ1v) is 7.77. The summed E-state index contributed by atoms with van der Waals surface area (Å²) in [6, 6.07) is 13.6. The number of benzene rings is 2. The second kappa shape index (κ2) is 5.92. The molecule has 0 aliphatic carbocycles. The summed E-state index contributed by atoms with van der Waals surface area (Å²) in [5.41, 5.74) is 2.68. The summed E-state index contributed by atoms with van der Waals surface area (Å²) in [4.78, 5) is 4.68. The fourth-order valence-corrected chi connectivity index (χ4v) is 3.43. The van der Waals surface area contributed by atoms with Crippen LogP contribution < -0.4 is 5.32 Å². The maximum Gasteiger partial charge on any atom is 0.126 e. The molecule has 1 atom stereocenters. The number of likely N-dealkylation sites (N-methyl/N-ethyl adjacent to an activating group) is 1. The van der Waals surface area contributed by atoms with Gasteiger partial charge in [0, 0.05) is 0 Å². The molecule has 0 aliphatic rings. The largest absolute Gasteiger partial charge is 0.311 e. The topological polar surface area (TPSA) is 24.9 Å². The molecule has 21 heavy (non-hydrogen) atoms. The van der Waals surface area contributed by atoms with Gasteiger partial charge in [-0.1, -0.05) is 24.3 Å². The highest BCUT2D eigenvalue weighted by molar-refractivity contribution is 7.18. The average molecular weight is 300 g/mol. The van der Waals surface area contributed by atoms with E-state index in [1.54, 1.807) is 24.3 Å². The van der Waals surface area contributed by atoms with Crippen molar-refractivity contribution in [1.82, 2.24) is 10.3 Å². The summed E-state index contributed by atoms with van der Waals surface area (Å²) < 4.78 is 14.9. The molecule has 0 spiro atoms. The van der Waals surface area contributed by atoms with E-state index in [-0.39, 0.29) is 11.9 Å². The number of para-hydroxylation sites is 1. The summed E-state index contributed by atoms with van der Waals surface area (Å²) in [6.45, 7) is 1.78. The highest BCUT2D eigenvalue weighted by Crippen LogP contribution is 2.28. The maximum atomic E-state index is 13.7. The normalized spacial score (nSPS) is 12.7. The van der Waals surface area contributed by atoms with E-state index in [1.807, 2.05) is 37.4 Å². The second-order valence-corrected chi connectivity index (χ2v) is 6.21. The Hall–Kier alpha value is -1.78. The van der Waals surface area contributed by atoms with Crippen LogP contribution in [0.15, 0.2) is 42.5 Å². The Bertz CT molecular complexity index is 733. The fourth-order valence-electron chi connectivity index (χ4n) is 2.35. The van der Waals surface area contributed by atoms with Gasteiger partial charge in [-0.3, -0.25) is 0 Å². The van der Waals surface area contributed by atoms with Gasteiger partial charge in [0.1, 0.15) is 10.8 Å². The highest BCUT2D eigenvalue weighted by Gasteiger charge is 2.15. The first kappa shape index (κ1) is 14.2. The molecule has 0 amide bonds. The van der Waals surface area contributed by atoms with Gasteiger partial charge in [-0.15, -0.1) is 11.3 Å². The fraction of sp³-hybridized carbons (Fsp3) is 0.235. The van der Waals surface area contributed by atoms with Crippen LogP contribution >= 0.6 is 11.3 Å². The standard InChI is InChI=1S/C17H17FN2S/c1-11-7-8-12(9-13(11)18)10-15(19-2)17-20-14-5-3-4-6-16(14)21-17/h3-9,15,19H,10H2,1-2H3. The van der Waals surface area contributed by atoms with Gasteiger partial charge in [0.2, 0.25) is 0 Å². The Balaban J connectivity index is 1.88. The molecule has 0 fully saturated rings. The number of nitrogens with one attached hydrogen (secondary N) is 1. The van der Waals surface area contributed by atoms with Crippen molar-refractivity contribution in [2.75, 3.05) is 7.05 Å². The van der Waals surface area contributed by atoms with Crippen LogP contribution in [0.2, 0.25) is 0 Å². The lowest BCUT2D eigenvalue weighted by molar-refractivity contribution is 0.580. The number of nitrogens with zero attached hydrogens (tertiary/aromatic N) is 1. The Morgan fingerprint density at radius 2 is 2.05 bits per heavy atom. The van der Waals surface area contributed by atoms with Crippen molar-refractivity contribution in [2.45, 2.75) is 19.4 Å². The molecule has 1 unspecified atom stereocenters. The molecule has 0 bridgehead atoms. The van der Waals surface area contributed by atoms with Crippen LogP contribution in [0, 0.1) is 12.7 Å². The minimum absolute atomic E-state index is 0.101. The second-order valence-electron chi connectivity index (χ2n) is 5.15. The first-order chi connectivity index (χ1) is 10.2. The zero-order valence-corrected chi connectivity index (χ0v) is 12.9. The lowest BCUT2D eigenvalue weighted by Crippen LogP contribution is -2.18. The molecule has 4 heteroatoms. The van der Waals surface area contributed by atoms with Gasteiger partial charge in [0.05, 0.1) is 16.3 Å². The van der Waals surface area contributed by atoms with Crippen LogP contribution in [0.3, 0.4) is 0 Å². The SMILES string of the molecule is CNC(Cc1ccc(C)c(F)c1)c1nc2ccccc2s1. The van der Waals surface area contributed by atoms with Gasteiger partial charge in [0.15, 0.2) is 0 Å². The molecular formula is C17H17FN2S. The summed E-state index contributed by atoms with van der Waals surface area (Å²) in [7, 11) is 1.92. The van der Waals surface area contributed by atoms with E-state index in [9.17, 15) is 4.39 Å². The number of hydrogen-bond acceptors (Lipinski definition) is 3. The zero-order valence-electron chi connectivity index (χ0n) is 12.1. The van der Waals surface area contributed by atoms with E-state index in [4.69, 9.17) is 0 Å². The number of halogens is 1. The van der Waals surface area contributed by atoms with Crippen LogP contribution in [0.25, 0.3) is 10.2 Å². The third-order valence-corrected chi connectivity index (χ3v) is 4.78. The summed E-state index contributed by atoms with van der Waals surface area (Å²) in [5, 5.41) is 4.33. The van der Waals surface area contributed by atoms with Crippen molar-refractivity contribution in [3.05, 3.63) is 64.4 Å². The zero-order chi connectivity index (χ0) is 14.8. The summed E-state index contributed by atoms with van der Waals surface area (Å²) in [6.07, 6.45) is 0.730. The van der Waals surface area contributed by atoms with Crippen molar-refractivity contribution in [3.8, 4) is 0 Å². The number of thiazole rings is 1. The predicted octanol–water partition coefficient (Wildman–Crippen LogP) is 4.25. The molecule has 2 aromatic carbocycles. The van der Waals surface area contributed by atoms with E-state index in [2.05, 4.69) is 16.4 Å². The van der Waals surface area contributed by atoms with Crippen LogP contribution in [0.1, 0.15) is 22.2 Å². The Labute approximate surface area is 127 Å². The van der Waals surface area contributed by atoms with Crippen molar-refractivity contribution in [1.29, 1.82) is 0 Å². The Morgan fingerprint density at radius 3 is 2.76 bits per heavy atom. The highest BCUT2D eigenvalue weighted by atomic mass is 32.1. The third kappa shape index (κ3) is 2.96. The average Bonchev–Trinajstić information content (AvgIpc) is 2.92. The van der Waals surface area contributed by atoms with Crippen LogP contribution in [-0.2, 0) is 6.42 Å². The monoisotopic (exact) mass is 300 g/mol. The number of aryl methyl sites for hydroxylation is 1. The predicted molar refractivity (Wildman–Crippen MR) is 86.3 cm³/mol. The van der Waals surface area contributed by atoms with E-state index in [0.29, 0.717) is 5.56 Å². The van der Waals surface area contributed by atoms with Gasteiger partial charge in [-0.25, -0.2) is 9.37 Å². The molecule has 1 heterocycles. The summed E-state index contributed by atoms with van der Waals surface area (Å²) in [5.74, 6) is -0.147. The maximum absolute atomic E-state index is 13.7. The molecule has 1 aromatic heterocycles. The molecule has 0 saturated carbocycles. The number of rotatable bonds is 4. The summed E-state index contributed by atoms with van der Waals surface area (Å²) >= 11 is 1.69. The third-order valence-electron chi connectivity index (χ3n) is 3.63. The van der Waals surface area contributed by atoms with E-state index in [0.717, 1.165) is 22.5 Å². The number of hydrogen-bond donors (Lipinski definition) is 1. The molecule has 3 rings (SSSR count). The number of aromatic nitrogens is 1. The van der Waals surface area contributed by atoms with Gasteiger partial charge in [-0.2, -0.15) is 0 Å².